The number of benzene rings is 1. The summed E-state index contributed by atoms with van der Waals surface area (Å²) in [6.07, 6.45) is 0.815. The standard InChI is InChI=1S/C12H17ClFNO/c1-3-16-7-6-12(15-2)10-5-4-9(14)8-11(10)13/h4-5,8,12,15H,3,6-7H2,1-2H3. The normalized spacial score (nSPS) is 12.8. The van der Waals surface area contributed by atoms with Gasteiger partial charge in [-0.05, 0) is 38.1 Å². The van der Waals surface area contributed by atoms with Crippen molar-refractivity contribution in [3.05, 3.63) is 34.6 Å². The van der Waals surface area contributed by atoms with E-state index >= 15 is 0 Å². The molecule has 0 aliphatic carbocycles. The Kier molecular flexibility index (Phi) is 5.74. The highest BCUT2D eigenvalue weighted by molar-refractivity contribution is 6.31. The zero-order chi connectivity index (χ0) is 12.0. The van der Waals surface area contributed by atoms with E-state index in [2.05, 4.69) is 5.32 Å². The third-order valence-corrected chi connectivity index (χ3v) is 2.77. The largest absolute Gasteiger partial charge is 0.382 e. The van der Waals surface area contributed by atoms with Gasteiger partial charge in [-0.15, -0.1) is 0 Å². The molecule has 1 rings (SSSR count). The van der Waals surface area contributed by atoms with Crippen molar-refractivity contribution in [1.29, 1.82) is 0 Å². The first-order valence-electron chi connectivity index (χ1n) is 5.39. The minimum absolute atomic E-state index is 0.0969. The smallest absolute Gasteiger partial charge is 0.124 e. The van der Waals surface area contributed by atoms with Crippen LogP contribution in [0.1, 0.15) is 24.9 Å². The highest BCUT2D eigenvalue weighted by Gasteiger charge is 2.13. The highest BCUT2D eigenvalue weighted by Crippen LogP contribution is 2.25. The third-order valence-electron chi connectivity index (χ3n) is 2.44. The minimum atomic E-state index is -0.312. The summed E-state index contributed by atoms with van der Waals surface area (Å²) in [4.78, 5) is 0. The van der Waals surface area contributed by atoms with Crippen LogP contribution in [0.4, 0.5) is 4.39 Å². The van der Waals surface area contributed by atoms with Gasteiger partial charge in [0.2, 0.25) is 0 Å². The lowest BCUT2D eigenvalue weighted by Gasteiger charge is -2.17. The van der Waals surface area contributed by atoms with Crippen molar-refractivity contribution in [2.45, 2.75) is 19.4 Å². The number of nitrogens with one attached hydrogen (secondary N) is 1. The molecule has 0 fully saturated rings. The van der Waals surface area contributed by atoms with Crippen LogP contribution in [-0.4, -0.2) is 20.3 Å². The number of hydrogen-bond acceptors (Lipinski definition) is 2. The van der Waals surface area contributed by atoms with Gasteiger partial charge < -0.3 is 10.1 Å². The van der Waals surface area contributed by atoms with Crippen molar-refractivity contribution in [3.8, 4) is 0 Å². The molecule has 0 aromatic heterocycles. The molecule has 1 aromatic rings. The fourth-order valence-electron chi connectivity index (χ4n) is 1.58. The number of halogens is 2. The topological polar surface area (TPSA) is 21.3 Å². The fourth-order valence-corrected chi connectivity index (χ4v) is 1.88. The molecule has 0 saturated heterocycles. The second-order valence-electron chi connectivity index (χ2n) is 3.49. The molecule has 0 heterocycles. The van der Waals surface area contributed by atoms with Crippen molar-refractivity contribution in [1.82, 2.24) is 5.32 Å². The van der Waals surface area contributed by atoms with Gasteiger partial charge in [-0.3, -0.25) is 0 Å². The number of rotatable bonds is 6. The first-order valence-corrected chi connectivity index (χ1v) is 5.76. The molecule has 90 valence electrons. The van der Waals surface area contributed by atoms with Gasteiger partial charge >= 0.3 is 0 Å². The summed E-state index contributed by atoms with van der Waals surface area (Å²) in [5, 5.41) is 3.61. The second-order valence-corrected chi connectivity index (χ2v) is 3.90. The van der Waals surface area contributed by atoms with E-state index in [9.17, 15) is 4.39 Å². The van der Waals surface area contributed by atoms with Crippen molar-refractivity contribution >= 4 is 11.6 Å². The highest BCUT2D eigenvalue weighted by atomic mass is 35.5. The molecule has 0 radical (unpaired) electrons. The fraction of sp³-hybridized carbons (Fsp3) is 0.500. The van der Waals surface area contributed by atoms with E-state index in [1.54, 1.807) is 6.07 Å². The predicted octanol–water partition coefficient (Wildman–Crippen LogP) is 3.17. The lowest BCUT2D eigenvalue weighted by atomic mass is 10.0. The Labute approximate surface area is 101 Å². The van der Waals surface area contributed by atoms with Crippen LogP contribution in [0.3, 0.4) is 0 Å². The van der Waals surface area contributed by atoms with Crippen LogP contribution < -0.4 is 5.32 Å². The minimum Gasteiger partial charge on any atom is -0.382 e. The summed E-state index contributed by atoms with van der Waals surface area (Å²) in [6, 6.07) is 4.57. The first kappa shape index (κ1) is 13.4. The van der Waals surface area contributed by atoms with E-state index in [0.717, 1.165) is 12.0 Å². The summed E-state index contributed by atoms with van der Waals surface area (Å²) < 4.78 is 18.2. The summed E-state index contributed by atoms with van der Waals surface area (Å²) in [5.41, 5.74) is 0.908. The Morgan fingerprint density at radius 3 is 2.81 bits per heavy atom. The Morgan fingerprint density at radius 2 is 2.25 bits per heavy atom. The maximum Gasteiger partial charge on any atom is 0.124 e. The number of ether oxygens (including phenoxy) is 1. The van der Waals surface area contributed by atoms with E-state index in [4.69, 9.17) is 16.3 Å². The average molecular weight is 246 g/mol. The van der Waals surface area contributed by atoms with E-state index in [1.807, 2.05) is 14.0 Å². The van der Waals surface area contributed by atoms with Crippen molar-refractivity contribution < 1.29 is 9.13 Å². The molecule has 1 atom stereocenters. The van der Waals surface area contributed by atoms with Crippen molar-refractivity contribution in [3.63, 3.8) is 0 Å². The van der Waals surface area contributed by atoms with E-state index in [-0.39, 0.29) is 11.9 Å². The van der Waals surface area contributed by atoms with E-state index in [1.165, 1.54) is 12.1 Å². The summed E-state index contributed by atoms with van der Waals surface area (Å²) >= 11 is 6.00. The van der Waals surface area contributed by atoms with Crippen molar-refractivity contribution in [2.24, 2.45) is 0 Å². The van der Waals surface area contributed by atoms with Gasteiger partial charge in [-0.2, -0.15) is 0 Å². The molecule has 2 nitrogen and oxygen atoms in total. The monoisotopic (exact) mass is 245 g/mol. The van der Waals surface area contributed by atoms with Crippen LogP contribution in [0.25, 0.3) is 0 Å². The molecular weight excluding hydrogens is 229 g/mol. The van der Waals surface area contributed by atoms with Gasteiger partial charge in [-0.25, -0.2) is 4.39 Å². The van der Waals surface area contributed by atoms with Crippen molar-refractivity contribution in [2.75, 3.05) is 20.3 Å². The lowest BCUT2D eigenvalue weighted by Crippen LogP contribution is -2.18. The van der Waals surface area contributed by atoms with E-state index in [0.29, 0.717) is 18.2 Å². The third kappa shape index (κ3) is 3.74. The summed E-state index contributed by atoms with van der Waals surface area (Å²) in [7, 11) is 1.86. The molecule has 16 heavy (non-hydrogen) atoms. The molecule has 4 heteroatoms. The predicted molar refractivity (Wildman–Crippen MR) is 64.3 cm³/mol. The zero-order valence-electron chi connectivity index (χ0n) is 9.59. The zero-order valence-corrected chi connectivity index (χ0v) is 10.4. The average Bonchev–Trinajstić information content (AvgIpc) is 2.26. The van der Waals surface area contributed by atoms with Crippen LogP contribution in [0.15, 0.2) is 18.2 Å². The lowest BCUT2D eigenvalue weighted by molar-refractivity contribution is 0.137. The Bertz CT molecular complexity index is 333. The SMILES string of the molecule is CCOCCC(NC)c1ccc(F)cc1Cl. The second kappa shape index (κ2) is 6.84. The van der Waals surface area contributed by atoms with Crippen LogP contribution in [0.2, 0.25) is 5.02 Å². The van der Waals surface area contributed by atoms with Gasteiger partial charge in [0.1, 0.15) is 5.82 Å². The van der Waals surface area contributed by atoms with Crippen LogP contribution in [0, 0.1) is 5.82 Å². The summed E-state index contributed by atoms with van der Waals surface area (Å²) in [6.45, 7) is 3.32. The molecule has 0 aliphatic heterocycles. The van der Waals surface area contributed by atoms with Crippen LogP contribution in [-0.2, 0) is 4.74 Å². The Balaban J connectivity index is 2.70. The maximum absolute atomic E-state index is 12.9. The van der Waals surface area contributed by atoms with Gasteiger partial charge in [0, 0.05) is 24.3 Å². The quantitative estimate of drug-likeness (QED) is 0.778. The van der Waals surface area contributed by atoms with Gasteiger partial charge in [-0.1, -0.05) is 17.7 Å². The Hall–Kier alpha value is -0.640. The molecule has 0 bridgehead atoms. The molecule has 0 aliphatic rings. The molecule has 1 N–H and O–H groups in total. The van der Waals surface area contributed by atoms with Gasteiger partial charge in [0.15, 0.2) is 0 Å². The molecule has 1 aromatic carbocycles. The first-order chi connectivity index (χ1) is 7.69. The van der Waals surface area contributed by atoms with E-state index < -0.39 is 0 Å². The number of hydrogen-bond donors (Lipinski definition) is 1. The van der Waals surface area contributed by atoms with Gasteiger partial charge in [0.05, 0.1) is 0 Å². The molecular formula is C12H17ClFNO. The summed E-state index contributed by atoms with van der Waals surface area (Å²) in [5.74, 6) is -0.312. The maximum atomic E-state index is 12.9. The van der Waals surface area contributed by atoms with Crippen LogP contribution in [0.5, 0.6) is 0 Å². The van der Waals surface area contributed by atoms with Gasteiger partial charge in [0.25, 0.3) is 0 Å². The molecule has 0 saturated carbocycles. The van der Waals surface area contributed by atoms with Crippen LogP contribution >= 0.6 is 11.6 Å². The molecule has 0 spiro atoms. The Morgan fingerprint density at radius 1 is 1.50 bits per heavy atom. The molecule has 1 unspecified atom stereocenters. The molecule has 0 amide bonds.